The maximum absolute atomic E-state index is 13.2. The predicted molar refractivity (Wildman–Crippen MR) is 132 cm³/mol. The number of alkyl halides is 3. The number of aromatic nitrogens is 1. The van der Waals surface area contributed by atoms with E-state index in [-0.39, 0.29) is 17.8 Å². The van der Waals surface area contributed by atoms with Crippen molar-refractivity contribution < 1.29 is 27.4 Å². The molecule has 0 aliphatic rings. The van der Waals surface area contributed by atoms with Gasteiger partial charge in [-0.1, -0.05) is 24.3 Å². The lowest BCUT2D eigenvalue weighted by atomic mass is 9.85. The van der Waals surface area contributed by atoms with Crippen LogP contribution < -0.4 is 14.8 Å². The number of amides is 1. The number of nitrogens with zero attached hydrogens (tertiary/aromatic N) is 2. The van der Waals surface area contributed by atoms with E-state index < -0.39 is 23.2 Å². The molecule has 3 rings (SSSR count). The van der Waals surface area contributed by atoms with Crippen LogP contribution in [0.2, 0.25) is 0 Å². The monoisotopic (exact) mass is 511 g/mol. The number of carbonyl (C=O) groups is 1. The lowest BCUT2D eigenvalue weighted by Gasteiger charge is -2.30. The molecule has 37 heavy (non-hydrogen) atoms. The van der Waals surface area contributed by atoms with E-state index in [0.717, 1.165) is 29.0 Å². The number of benzene rings is 2. The van der Waals surface area contributed by atoms with Crippen molar-refractivity contribution in [1.82, 2.24) is 10.3 Å². The van der Waals surface area contributed by atoms with Crippen LogP contribution in [-0.4, -0.2) is 29.6 Å². The minimum atomic E-state index is -4.52. The highest BCUT2D eigenvalue weighted by Gasteiger charge is 2.34. The highest BCUT2D eigenvalue weighted by molar-refractivity contribution is 5.85. The number of hydrogen-bond donors (Lipinski definition) is 1. The maximum Gasteiger partial charge on any atom is 0.417 e. The fraction of sp³-hybridized carbons (Fsp3) is 0.321. The minimum Gasteiger partial charge on any atom is -0.497 e. The standard InChI is InChI=1S/C28H28F3N3O3/c1-18(34-26(35)27(2,3)37-25-13-10-22(17-33-25)28(29,30)31)24(21-7-5-6-20(14-21)16-32)15-19-8-11-23(36-4)12-9-19/h5-14,17-18,24H,15H2,1-4H3,(H,34,35). The van der Waals surface area contributed by atoms with E-state index in [1.54, 1.807) is 25.3 Å². The summed E-state index contributed by atoms with van der Waals surface area (Å²) in [7, 11) is 1.59. The zero-order valence-corrected chi connectivity index (χ0v) is 21.0. The Bertz CT molecular complexity index is 1250. The molecule has 1 amide bonds. The molecule has 1 aromatic heterocycles. The Kier molecular flexibility index (Phi) is 8.43. The van der Waals surface area contributed by atoms with Gasteiger partial charge in [-0.2, -0.15) is 18.4 Å². The van der Waals surface area contributed by atoms with E-state index in [1.165, 1.54) is 13.8 Å². The molecule has 0 spiro atoms. The van der Waals surface area contributed by atoms with Gasteiger partial charge in [0.1, 0.15) is 5.75 Å². The Morgan fingerprint density at radius 3 is 2.38 bits per heavy atom. The zero-order chi connectivity index (χ0) is 27.2. The topological polar surface area (TPSA) is 84.2 Å². The van der Waals surface area contributed by atoms with E-state index in [0.29, 0.717) is 18.2 Å². The number of nitriles is 1. The number of nitrogens with one attached hydrogen (secondary N) is 1. The smallest absolute Gasteiger partial charge is 0.417 e. The first-order valence-electron chi connectivity index (χ1n) is 11.6. The minimum absolute atomic E-state index is 0.0997. The number of rotatable bonds is 9. The zero-order valence-electron chi connectivity index (χ0n) is 21.0. The quantitative estimate of drug-likeness (QED) is 0.400. The van der Waals surface area contributed by atoms with Gasteiger partial charge in [-0.25, -0.2) is 4.98 Å². The normalized spacial score (nSPS) is 13.2. The lowest BCUT2D eigenvalue weighted by Crippen LogP contribution is -2.51. The second kappa shape index (κ2) is 11.3. The van der Waals surface area contributed by atoms with Gasteiger partial charge >= 0.3 is 6.18 Å². The molecule has 6 nitrogen and oxygen atoms in total. The highest BCUT2D eigenvalue weighted by Crippen LogP contribution is 2.30. The van der Waals surface area contributed by atoms with Crippen LogP contribution in [0.4, 0.5) is 13.2 Å². The van der Waals surface area contributed by atoms with Gasteiger partial charge in [-0.15, -0.1) is 0 Å². The van der Waals surface area contributed by atoms with Gasteiger partial charge in [0.05, 0.1) is 24.3 Å². The van der Waals surface area contributed by atoms with Gasteiger partial charge in [-0.05, 0) is 68.7 Å². The third kappa shape index (κ3) is 7.23. The van der Waals surface area contributed by atoms with Crippen molar-refractivity contribution in [2.24, 2.45) is 0 Å². The van der Waals surface area contributed by atoms with Gasteiger partial charge in [0, 0.05) is 24.2 Å². The molecule has 194 valence electrons. The van der Waals surface area contributed by atoms with Crippen LogP contribution >= 0.6 is 0 Å². The molecule has 2 unspecified atom stereocenters. The number of pyridine rings is 1. The highest BCUT2D eigenvalue weighted by atomic mass is 19.4. The third-order valence-corrected chi connectivity index (χ3v) is 5.99. The molecule has 1 heterocycles. The van der Waals surface area contributed by atoms with Gasteiger partial charge < -0.3 is 14.8 Å². The molecule has 0 saturated carbocycles. The molecular formula is C28H28F3N3O3. The number of hydrogen-bond acceptors (Lipinski definition) is 5. The number of carbonyl (C=O) groups excluding carboxylic acids is 1. The Morgan fingerprint density at radius 1 is 1.11 bits per heavy atom. The molecule has 0 aliphatic heterocycles. The van der Waals surface area contributed by atoms with E-state index >= 15 is 0 Å². The van der Waals surface area contributed by atoms with Crippen LogP contribution in [0.25, 0.3) is 0 Å². The largest absolute Gasteiger partial charge is 0.497 e. The molecule has 0 bridgehead atoms. The van der Waals surface area contributed by atoms with Crippen LogP contribution in [0.3, 0.4) is 0 Å². The van der Waals surface area contributed by atoms with E-state index in [1.807, 2.05) is 37.3 Å². The first kappa shape index (κ1) is 27.5. The van der Waals surface area contributed by atoms with E-state index in [9.17, 15) is 23.2 Å². The number of methoxy groups -OCH3 is 1. The Balaban J connectivity index is 1.79. The Morgan fingerprint density at radius 2 is 1.81 bits per heavy atom. The third-order valence-electron chi connectivity index (χ3n) is 5.99. The van der Waals surface area contributed by atoms with Gasteiger partial charge in [-0.3, -0.25) is 4.79 Å². The molecule has 0 aliphatic carbocycles. The summed E-state index contributed by atoms with van der Waals surface area (Å²) in [5, 5.41) is 12.3. The summed E-state index contributed by atoms with van der Waals surface area (Å²) < 4.78 is 49.3. The number of halogens is 3. The summed E-state index contributed by atoms with van der Waals surface area (Å²) in [6.45, 7) is 4.89. The van der Waals surface area contributed by atoms with Crippen molar-refractivity contribution in [3.63, 3.8) is 0 Å². The molecule has 0 fully saturated rings. The first-order chi connectivity index (χ1) is 17.4. The fourth-order valence-corrected chi connectivity index (χ4v) is 3.84. The molecule has 2 aromatic carbocycles. The fourth-order valence-electron chi connectivity index (χ4n) is 3.84. The van der Waals surface area contributed by atoms with Crippen molar-refractivity contribution in [2.45, 2.75) is 50.9 Å². The average Bonchev–Trinajstić information content (AvgIpc) is 2.87. The van der Waals surface area contributed by atoms with Crippen molar-refractivity contribution in [2.75, 3.05) is 7.11 Å². The van der Waals surface area contributed by atoms with E-state index in [2.05, 4.69) is 16.4 Å². The molecule has 3 aromatic rings. The van der Waals surface area contributed by atoms with Crippen molar-refractivity contribution in [1.29, 1.82) is 5.26 Å². The summed E-state index contributed by atoms with van der Waals surface area (Å²) in [5.41, 5.74) is 0.0780. The summed E-state index contributed by atoms with van der Waals surface area (Å²) >= 11 is 0. The van der Waals surface area contributed by atoms with Gasteiger partial charge in [0.15, 0.2) is 5.60 Å². The molecule has 9 heteroatoms. The summed E-state index contributed by atoms with van der Waals surface area (Å²) in [6.07, 6.45) is -3.28. The molecule has 2 atom stereocenters. The second-order valence-electron chi connectivity index (χ2n) is 9.15. The predicted octanol–water partition coefficient (Wildman–Crippen LogP) is 5.67. The lowest BCUT2D eigenvalue weighted by molar-refractivity contribution is -0.138. The van der Waals surface area contributed by atoms with Gasteiger partial charge in [0.25, 0.3) is 5.91 Å². The first-order valence-corrected chi connectivity index (χ1v) is 11.6. The SMILES string of the molecule is COc1ccc(CC(c2cccc(C#N)c2)C(C)NC(=O)C(C)(C)Oc2ccc(C(F)(F)F)cn2)cc1. The van der Waals surface area contributed by atoms with Gasteiger partial charge in [0.2, 0.25) is 5.88 Å². The summed E-state index contributed by atoms with van der Waals surface area (Å²) in [4.78, 5) is 16.9. The number of ether oxygens (including phenoxy) is 2. The van der Waals surface area contributed by atoms with Crippen molar-refractivity contribution >= 4 is 5.91 Å². The van der Waals surface area contributed by atoms with E-state index in [4.69, 9.17) is 9.47 Å². The van der Waals surface area contributed by atoms with Crippen molar-refractivity contribution in [3.05, 3.63) is 89.1 Å². The molecule has 0 saturated heterocycles. The Hall–Kier alpha value is -4.06. The second-order valence-corrected chi connectivity index (χ2v) is 9.15. The van der Waals surface area contributed by atoms with Crippen molar-refractivity contribution in [3.8, 4) is 17.7 Å². The summed E-state index contributed by atoms with van der Waals surface area (Å²) in [5.74, 6) is -0.0234. The average molecular weight is 512 g/mol. The van der Waals surface area contributed by atoms with Crippen LogP contribution in [0.5, 0.6) is 11.6 Å². The molecule has 1 N–H and O–H groups in total. The van der Waals surface area contributed by atoms with Crippen LogP contribution in [-0.2, 0) is 17.4 Å². The Labute approximate surface area is 214 Å². The summed E-state index contributed by atoms with van der Waals surface area (Å²) in [6, 6.07) is 18.5. The molecule has 0 radical (unpaired) electrons. The van der Waals surface area contributed by atoms with Crippen LogP contribution in [0.15, 0.2) is 66.9 Å². The maximum atomic E-state index is 13.2. The van der Waals surface area contributed by atoms with Crippen LogP contribution in [0.1, 0.15) is 48.9 Å². The molecular weight excluding hydrogens is 483 g/mol. The van der Waals surface area contributed by atoms with Crippen LogP contribution in [0, 0.1) is 11.3 Å².